The van der Waals surface area contributed by atoms with E-state index in [2.05, 4.69) is 17.0 Å². The third kappa shape index (κ3) is 3.34. The molecule has 3 aromatic carbocycles. The highest BCUT2D eigenvalue weighted by atomic mass is 16.7. The van der Waals surface area contributed by atoms with Crippen molar-refractivity contribution in [2.45, 2.75) is 25.8 Å². The van der Waals surface area contributed by atoms with E-state index < -0.39 is 0 Å². The SMILES string of the molecule is COc1cc2c(=O)n(CCN3CCCCC3)c3c4cc5c(cc4ccc3c2cc1OC)OCO5. The number of rotatable bonds is 5. The monoisotopic (exact) mass is 460 g/mol. The number of fused-ring (bicyclic) bond motifs is 6. The standard InChI is InChI=1S/C27H28N2O5/c1-31-22-14-20-18-7-6-17-12-24-25(34-16-33-24)13-19(17)26(18)29(11-10-28-8-4-3-5-9-28)27(30)21(20)15-23(22)32-2/h6-7,12-15H,3-5,8-11,16H2,1-2H3. The van der Waals surface area contributed by atoms with E-state index in [-0.39, 0.29) is 12.4 Å². The van der Waals surface area contributed by atoms with Gasteiger partial charge in [0.1, 0.15) is 0 Å². The van der Waals surface area contributed by atoms with Gasteiger partial charge in [0.05, 0.1) is 25.1 Å². The van der Waals surface area contributed by atoms with Gasteiger partial charge < -0.3 is 28.4 Å². The third-order valence-corrected chi connectivity index (χ3v) is 7.13. The molecule has 7 nitrogen and oxygen atoms in total. The molecule has 0 atom stereocenters. The highest BCUT2D eigenvalue weighted by Gasteiger charge is 2.21. The van der Waals surface area contributed by atoms with Crippen LogP contribution in [0.15, 0.2) is 41.2 Å². The summed E-state index contributed by atoms with van der Waals surface area (Å²) in [5.74, 6) is 2.61. The quantitative estimate of drug-likeness (QED) is 0.408. The van der Waals surface area contributed by atoms with E-state index in [4.69, 9.17) is 18.9 Å². The van der Waals surface area contributed by atoms with Crippen LogP contribution in [0.25, 0.3) is 32.4 Å². The van der Waals surface area contributed by atoms with Crippen LogP contribution in [0.2, 0.25) is 0 Å². The molecule has 0 bridgehead atoms. The number of piperidine rings is 1. The van der Waals surface area contributed by atoms with Gasteiger partial charge in [-0.25, -0.2) is 0 Å². The summed E-state index contributed by atoms with van der Waals surface area (Å²) < 4.78 is 24.3. The summed E-state index contributed by atoms with van der Waals surface area (Å²) in [7, 11) is 3.21. The molecule has 7 heteroatoms. The van der Waals surface area contributed by atoms with Gasteiger partial charge in [0, 0.05) is 29.2 Å². The van der Waals surface area contributed by atoms with Crippen LogP contribution in [-0.2, 0) is 6.54 Å². The van der Waals surface area contributed by atoms with Crippen LogP contribution in [0.1, 0.15) is 19.3 Å². The lowest BCUT2D eigenvalue weighted by Gasteiger charge is -2.27. The van der Waals surface area contributed by atoms with Gasteiger partial charge >= 0.3 is 0 Å². The summed E-state index contributed by atoms with van der Waals surface area (Å²) in [5, 5.41) is 4.48. The number of nitrogens with zero attached hydrogens (tertiary/aromatic N) is 2. The highest BCUT2D eigenvalue weighted by molar-refractivity contribution is 6.16. The lowest BCUT2D eigenvalue weighted by atomic mass is 9.99. The first-order chi connectivity index (χ1) is 16.7. The summed E-state index contributed by atoms with van der Waals surface area (Å²) in [6.07, 6.45) is 3.72. The number of ether oxygens (including phenoxy) is 4. The first kappa shape index (κ1) is 21.1. The van der Waals surface area contributed by atoms with E-state index in [1.54, 1.807) is 20.3 Å². The minimum atomic E-state index is -0.0226. The zero-order chi connectivity index (χ0) is 23.2. The molecule has 2 aliphatic heterocycles. The number of benzene rings is 3. The smallest absolute Gasteiger partial charge is 0.259 e. The first-order valence-corrected chi connectivity index (χ1v) is 11.8. The normalized spacial score (nSPS) is 15.9. The van der Waals surface area contributed by atoms with E-state index in [1.165, 1.54) is 19.3 Å². The molecule has 34 heavy (non-hydrogen) atoms. The fourth-order valence-corrected chi connectivity index (χ4v) is 5.37. The Morgan fingerprint density at radius 1 is 0.794 bits per heavy atom. The molecule has 1 saturated heterocycles. The number of likely N-dealkylation sites (tertiary alicyclic amines) is 1. The number of hydrogen-bond acceptors (Lipinski definition) is 6. The van der Waals surface area contributed by atoms with E-state index >= 15 is 0 Å². The van der Waals surface area contributed by atoms with Crippen LogP contribution >= 0.6 is 0 Å². The van der Waals surface area contributed by atoms with E-state index in [0.29, 0.717) is 29.2 Å². The van der Waals surface area contributed by atoms with Crippen molar-refractivity contribution in [2.24, 2.45) is 0 Å². The van der Waals surface area contributed by atoms with Gasteiger partial charge in [-0.15, -0.1) is 0 Å². The maximum absolute atomic E-state index is 14.0. The minimum Gasteiger partial charge on any atom is -0.493 e. The molecule has 6 rings (SSSR count). The average Bonchev–Trinajstić information content (AvgIpc) is 3.34. The van der Waals surface area contributed by atoms with Crippen molar-refractivity contribution < 1.29 is 18.9 Å². The van der Waals surface area contributed by atoms with E-state index in [0.717, 1.165) is 52.4 Å². The molecular weight excluding hydrogens is 432 g/mol. The molecule has 0 spiro atoms. The Hall–Kier alpha value is -3.45. The lowest BCUT2D eigenvalue weighted by Crippen LogP contribution is -2.34. The van der Waals surface area contributed by atoms with Crippen LogP contribution < -0.4 is 24.5 Å². The first-order valence-electron chi connectivity index (χ1n) is 11.8. The molecule has 4 aromatic rings. The number of methoxy groups -OCH3 is 2. The number of pyridine rings is 1. The molecule has 0 saturated carbocycles. The second-order valence-electron chi connectivity index (χ2n) is 9.00. The molecule has 0 N–H and O–H groups in total. The largest absolute Gasteiger partial charge is 0.493 e. The predicted octanol–water partition coefficient (Wildman–Crippen LogP) is 4.54. The molecule has 2 aliphatic rings. The Morgan fingerprint density at radius 2 is 1.50 bits per heavy atom. The maximum atomic E-state index is 14.0. The topological polar surface area (TPSA) is 62.2 Å². The second-order valence-corrected chi connectivity index (χ2v) is 9.00. The molecule has 176 valence electrons. The van der Waals surface area contributed by atoms with Crippen LogP contribution in [-0.4, -0.2) is 50.1 Å². The number of hydrogen-bond donors (Lipinski definition) is 0. The summed E-state index contributed by atoms with van der Waals surface area (Å²) in [6, 6.07) is 11.9. The fraction of sp³-hybridized carbons (Fsp3) is 0.370. The summed E-state index contributed by atoms with van der Waals surface area (Å²) >= 11 is 0. The van der Waals surface area contributed by atoms with Gasteiger partial charge in [-0.3, -0.25) is 4.79 Å². The Kier molecular flexibility index (Phi) is 5.21. The van der Waals surface area contributed by atoms with Crippen molar-refractivity contribution in [3.05, 3.63) is 46.8 Å². The van der Waals surface area contributed by atoms with Crippen LogP contribution in [0.5, 0.6) is 23.0 Å². The van der Waals surface area contributed by atoms with Crippen molar-refractivity contribution in [1.82, 2.24) is 9.47 Å². The minimum absolute atomic E-state index is 0.0226. The molecule has 0 unspecified atom stereocenters. The Morgan fingerprint density at radius 3 is 2.24 bits per heavy atom. The van der Waals surface area contributed by atoms with Gasteiger partial charge in [0.25, 0.3) is 5.56 Å². The van der Waals surface area contributed by atoms with Crippen LogP contribution in [0, 0.1) is 0 Å². The molecule has 1 fully saturated rings. The van der Waals surface area contributed by atoms with Crippen molar-refractivity contribution in [1.29, 1.82) is 0 Å². The second kappa shape index (κ2) is 8.40. The molecule has 0 amide bonds. The van der Waals surface area contributed by atoms with Gasteiger partial charge in [0.2, 0.25) is 6.79 Å². The third-order valence-electron chi connectivity index (χ3n) is 7.13. The van der Waals surface area contributed by atoms with Gasteiger partial charge in [-0.1, -0.05) is 18.6 Å². The predicted molar refractivity (Wildman–Crippen MR) is 133 cm³/mol. The van der Waals surface area contributed by atoms with Crippen LogP contribution in [0.4, 0.5) is 0 Å². The molecule has 0 aliphatic carbocycles. The Bertz CT molecular complexity index is 1470. The van der Waals surface area contributed by atoms with Crippen LogP contribution in [0.3, 0.4) is 0 Å². The zero-order valence-electron chi connectivity index (χ0n) is 19.6. The van der Waals surface area contributed by atoms with E-state index in [9.17, 15) is 4.79 Å². The van der Waals surface area contributed by atoms with E-state index in [1.807, 2.05) is 22.8 Å². The van der Waals surface area contributed by atoms with Gasteiger partial charge in [-0.2, -0.15) is 0 Å². The number of aromatic nitrogens is 1. The zero-order valence-corrected chi connectivity index (χ0v) is 19.6. The van der Waals surface area contributed by atoms with Crippen molar-refractivity contribution >= 4 is 32.4 Å². The molecule has 1 aromatic heterocycles. The fourth-order valence-electron chi connectivity index (χ4n) is 5.37. The van der Waals surface area contributed by atoms with Crippen molar-refractivity contribution in [3.63, 3.8) is 0 Å². The highest BCUT2D eigenvalue weighted by Crippen LogP contribution is 2.41. The van der Waals surface area contributed by atoms with Gasteiger partial charge in [-0.05, 0) is 55.6 Å². The molecule has 3 heterocycles. The molecule has 0 radical (unpaired) electrons. The summed E-state index contributed by atoms with van der Waals surface area (Å²) in [5.41, 5.74) is 0.892. The summed E-state index contributed by atoms with van der Waals surface area (Å²) in [6.45, 7) is 3.85. The van der Waals surface area contributed by atoms with Crippen molar-refractivity contribution in [2.75, 3.05) is 40.6 Å². The average molecular weight is 461 g/mol. The maximum Gasteiger partial charge on any atom is 0.259 e. The van der Waals surface area contributed by atoms with Crippen molar-refractivity contribution in [3.8, 4) is 23.0 Å². The Balaban J connectivity index is 1.64. The Labute approximate surface area is 197 Å². The summed E-state index contributed by atoms with van der Waals surface area (Å²) in [4.78, 5) is 16.4. The lowest BCUT2D eigenvalue weighted by molar-refractivity contribution is 0.174. The van der Waals surface area contributed by atoms with Gasteiger partial charge in [0.15, 0.2) is 23.0 Å². The molecular formula is C27H28N2O5.